The van der Waals surface area contributed by atoms with Gasteiger partial charge in [-0.15, -0.1) is 0 Å². The van der Waals surface area contributed by atoms with E-state index in [1.54, 1.807) is 0 Å². The molecule has 1 aromatic carbocycles. The summed E-state index contributed by atoms with van der Waals surface area (Å²) in [6.07, 6.45) is 39.8. The molecule has 1 aromatic heterocycles. The van der Waals surface area contributed by atoms with Gasteiger partial charge in [-0.2, -0.15) is 0 Å². The average Bonchev–Trinajstić information content (AvgIpc) is 3.49. The molecule has 0 saturated carbocycles. The summed E-state index contributed by atoms with van der Waals surface area (Å²) in [5, 5.41) is 0. The Labute approximate surface area is 243 Å². The predicted octanol–water partition coefficient (Wildman–Crippen LogP) is 12.3. The monoisotopic (exact) mass is 537 g/mol. The maximum absolute atomic E-state index is 4.45. The van der Waals surface area contributed by atoms with Crippen LogP contribution in [0.2, 0.25) is 0 Å². The summed E-state index contributed by atoms with van der Waals surface area (Å²) in [6, 6.07) is 11.8. The number of imidazole rings is 1. The van der Waals surface area contributed by atoms with Crippen LogP contribution in [0.4, 0.5) is 0 Å². The minimum Gasteiger partial charge on any atom is -0.334 e. The van der Waals surface area contributed by atoms with Gasteiger partial charge in [0.1, 0.15) is 0 Å². The highest BCUT2D eigenvalue weighted by molar-refractivity contribution is 5.15. The molecule has 39 heavy (non-hydrogen) atoms. The second-order valence-electron chi connectivity index (χ2n) is 12.3. The fourth-order valence-corrected chi connectivity index (χ4v) is 6.35. The van der Waals surface area contributed by atoms with Gasteiger partial charge in [0.05, 0.1) is 6.33 Å². The predicted molar refractivity (Wildman–Crippen MR) is 172 cm³/mol. The molecular weight excluding hydrogens is 472 g/mol. The number of unbranched alkanes of at least 4 members (excludes halogenated alkanes) is 19. The molecule has 2 aromatic rings. The lowest BCUT2D eigenvalue weighted by molar-refractivity contribution is 0.275. The van der Waals surface area contributed by atoms with Gasteiger partial charge < -0.3 is 4.57 Å². The smallest absolute Gasteiger partial charge is 0.0948 e. The van der Waals surface area contributed by atoms with Crippen LogP contribution >= 0.6 is 0 Å². The highest BCUT2D eigenvalue weighted by Crippen LogP contribution is 2.32. The molecule has 0 bridgehead atoms. The molecule has 0 radical (unpaired) electrons. The number of nitrogens with zero attached hydrogens (tertiary/aromatic N) is 2. The lowest BCUT2D eigenvalue weighted by Crippen LogP contribution is -2.21. The van der Waals surface area contributed by atoms with Crippen molar-refractivity contribution in [2.75, 3.05) is 0 Å². The molecule has 0 aliphatic carbocycles. The highest BCUT2D eigenvalue weighted by atomic mass is 15.1. The molecule has 2 atom stereocenters. The summed E-state index contributed by atoms with van der Waals surface area (Å²) < 4.78 is 2.44. The van der Waals surface area contributed by atoms with Crippen LogP contribution < -0.4 is 0 Å². The van der Waals surface area contributed by atoms with Crippen molar-refractivity contribution >= 4 is 0 Å². The first-order valence-corrected chi connectivity index (χ1v) is 17.4. The molecule has 2 nitrogen and oxygen atoms in total. The SMILES string of the molecule is CCCCCCCCCCCCCCCC(Cc1ccccc1)C(CCCCCCCCCC)n1ccnc1. The van der Waals surface area contributed by atoms with E-state index in [-0.39, 0.29) is 0 Å². The molecule has 0 aliphatic rings. The molecule has 1 heterocycles. The largest absolute Gasteiger partial charge is 0.334 e. The first-order valence-electron chi connectivity index (χ1n) is 17.4. The van der Waals surface area contributed by atoms with Crippen molar-refractivity contribution in [1.82, 2.24) is 9.55 Å². The first kappa shape index (κ1) is 33.6. The fraction of sp³-hybridized carbons (Fsp3) is 0.757. The zero-order chi connectivity index (χ0) is 27.6. The molecule has 0 amide bonds. The number of aromatic nitrogens is 2. The van der Waals surface area contributed by atoms with Crippen molar-refractivity contribution in [2.24, 2.45) is 5.92 Å². The van der Waals surface area contributed by atoms with Crippen LogP contribution in [0.5, 0.6) is 0 Å². The molecule has 2 rings (SSSR count). The van der Waals surface area contributed by atoms with Gasteiger partial charge in [-0.3, -0.25) is 0 Å². The third-order valence-corrected chi connectivity index (χ3v) is 8.82. The van der Waals surface area contributed by atoms with E-state index in [9.17, 15) is 0 Å². The van der Waals surface area contributed by atoms with Crippen LogP contribution in [0.25, 0.3) is 0 Å². The average molecular weight is 537 g/mol. The summed E-state index contributed by atoms with van der Waals surface area (Å²) >= 11 is 0. The topological polar surface area (TPSA) is 17.8 Å². The zero-order valence-corrected chi connectivity index (χ0v) is 26.1. The van der Waals surface area contributed by atoms with E-state index in [0.29, 0.717) is 12.0 Å². The van der Waals surface area contributed by atoms with Gasteiger partial charge in [-0.05, 0) is 30.7 Å². The van der Waals surface area contributed by atoms with Gasteiger partial charge in [-0.1, -0.05) is 179 Å². The van der Waals surface area contributed by atoms with Gasteiger partial charge in [-0.25, -0.2) is 4.98 Å². The van der Waals surface area contributed by atoms with Crippen molar-refractivity contribution < 1.29 is 0 Å². The molecule has 0 aliphatic heterocycles. The number of benzene rings is 1. The van der Waals surface area contributed by atoms with E-state index in [2.05, 4.69) is 66.3 Å². The highest BCUT2D eigenvalue weighted by Gasteiger charge is 2.23. The van der Waals surface area contributed by atoms with Gasteiger partial charge in [0.25, 0.3) is 0 Å². The number of hydrogen-bond donors (Lipinski definition) is 0. The van der Waals surface area contributed by atoms with Crippen LogP contribution in [0.1, 0.15) is 173 Å². The summed E-state index contributed by atoms with van der Waals surface area (Å²) in [5.74, 6) is 0.693. The Morgan fingerprint density at radius 3 is 1.49 bits per heavy atom. The molecule has 2 heteroatoms. The molecule has 0 N–H and O–H groups in total. The van der Waals surface area contributed by atoms with E-state index in [4.69, 9.17) is 0 Å². The van der Waals surface area contributed by atoms with E-state index in [0.717, 1.165) is 0 Å². The summed E-state index contributed by atoms with van der Waals surface area (Å²) in [5.41, 5.74) is 1.50. The number of rotatable bonds is 27. The fourth-order valence-electron chi connectivity index (χ4n) is 6.35. The van der Waals surface area contributed by atoms with Crippen molar-refractivity contribution in [3.8, 4) is 0 Å². The van der Waals surface area contributed by atoms with Gasteiger partial charge >= 0.3 is 0 Å². The van der Waals surface area contributed by atoms with Crippen molar-refractivity contribution in [2.45, 2.75) is 174 Å². The summed E-state index contributed by atoms with van der Waals surface area (Å²) in [7, 11) is 0. The lowest BCUT2D eigenvalue weighted by Gasteiger charge is -2.29. The molecule has 2 unspecified atom stereocenters. The van der Waals surface area contributed by atoms with E-state index in [1.807, 2.05) is 6.20 Å². The Hall–Kier alpha value is -1.57. The Morgan fingerprint density at radius 1 is 0.564 bits per heavy atom. The second kappa shape index (κ2) is 24.2. The minimum atomic E-state index is 0.574. The van der Waals surface area contributed by atoms with Crippen molar-refractivity contribution in [3.63, 3.8) is 0 Å². The maximum Gasteiger partial charge on any atom is 0.0948 e. The Bertz CT molecular complexity index is 738. The molecule has 222 valence electrons. The Balaban J connectivity index is 1.74. The van der Waals surface area contributed by atoms with E-state index in [1.165, 1.54) is 160 Å². The third-order valence-electron chi connectivity index (χ3n) is 8.82. The van der Waals surface area contributed by atoms with Crippen LogP contribution in [0.15, 0.2) is 49.1 Å². The molecule has 0 spiro atoms. The zero-order valence-electron chi connectivity index (χ0n) is 26.1. The van der Waals surface area contributed by atoms with Crippen LogP contribution in [-0.4, -0.2) is 9.55 Å². The van der Waals surface area contributed by atoms with Gasteiger partial charge in [0, 0.05) is 18.4 Å². The van der Waals surface area contributed by atoms with Gasteiger partial charge in [0.2, 0.25) is 0 Å². The number of hydrogen-bond acceptors (Lipinski definition) is 1. The summed E-state index contributed by atoms with van der Waals surface area (Å²) in [6.45, 7) is 4.61. The summed E-state index contributed by atoms with van der Waals surface area (Å²) in [4.78, 5) is 4.45. The van der Waals surface area contributed by atoms with Crippen LogP contribution in [0.3, 0.4) is 0 Å². The standard InChI is InChI=1S/C37H64N2/c1-3-5-7-9-11-13-14-15-16-17-18-20-25-29-36(33-35-27-23-22-24-28-35)37(39-32-31-38-34-39)30-26-21-19-12-10-8-6-4-2/h22-24,27-28,31-32,34,36-37H,3-21,25-26,29-30,33H2,1-2H3. The van der Waals surface area contributed by atoms with Crippen LogP contribution in [0, 0.1) is 5.92 Å². The minimum absolute atomic E-state index is 0.574. The maximum atomic E-state index is 4.45. The second-order valence-corrected chi connectivity index (χ2v) is 12.3. The molecule has 0 saturated heterocycles. The van der Waals surface area contributed by atoms with Gasteiger partial charge in [0.15, 0.2) is 0 Å². The van der Waals surface area contributed by atoms with Crippen molar-refractivity contribution in [1.29, 1.82) is 0 Å². The quantitative estimate of drug-likeness (QED) is 0.104. The third kappa shape index (κ3) is 17.0. The Kier molecular flexibility index (Phi) is 20.9. The van der Waals surface area contributed by atoms with E-state index >= 15 is 0 Å². The molecule has 0 fully saturated rings. The normalized spacial score (nSPS) is 13.1. The van der Waals surface area contributed by atoms with Crippen molar-refractivity contribution in [3.05, 3.63) is 54.6 Å². The lowest BCUT2D eigenvalue weighted by atomic mass is 9.84. The van der Waals surface area contributed by atoms with E-state index < -0.39 is 0 Å². The van der Waals surface area contributed by atoms with Crippen LogP contribution in [-0.2, 0) is 6.42 Å². The Morgan fingerprint density at radius 2 is 1.03 bits per heavy atom. The first-order chi connectivity index (χ1) is 19.3. The molecular formula is C37H64N2.